The molecule has 0 aromatic heterocycles. The van der Waals surface area contributed by atoms with Crippen molar-refractivity contribution in [1.82, 2.24) is 0 Å². The summed E-state index contributed by atoms with van der Waals surface area (Å²) >= 11 is 5.85. The molecule has 120 valence electrons. The minimum absolute atomic E-state index is 0.329. The summed E-state index contributed by atoms with van der Waals surface area (Å²) < 4.78 is 5.00. The van der Waals surface area contributed by atoms with Crippen LogP contribution in [0.3, 0.4) is 0 Å². The van der Waals surface area contributed by atoms with E-state index in [1.54, 1.807) is 43.3 Å². The summed E-state index contributed by atoms with van der Waals surface area (Å²) in [6, 6.07) is 13.9. The Bertz CT molecular complexity index is 713. The van der Waals surface area contributed by atoms with E-state index < -0.39 is 12.1 Å². The summed E-state index contributed by atoms with van der Waals surface area (Å²) in [6.07, 6.45) is -1.11. The topological polar surface area (TPSA) is 68.1 Å². The smallest absolute Gasteiger partial charge is 0.337 e. The van der Waals surface area contributed by atoms with Gasteiger partial charge in [-0.2, -0.15) is 0 Å². The van der Waals surface area contributed by atoms with Gasteiger partial charge in [-0.05, 0) is 30.7 Å². The molecule has 2 aromatic rings. The first kappa shape index (κ1) is 17.0. The lowest BCUT2D eigenvalue weighted by Gasteiger charge is -2.13. The maximum atomic E-state index is 11.2. The van der Waals surface area contributed by atoms with Crippen LogP contribution in [-0.4, -0.2) is 23.9 Å². The number of carbonyl (C=O) groups is 1. The molecule has 0 aliphatic rings. The number of hydrogen-bond acceptors (Lipinski definition) is 4. The third kappa shape index (κ3) is 4.31. The number of benzene rings is 2. The number of oxime groups is 1. The lowest BCUT2D eigenvalue weighted by Crippen LogP contribution is -2.14. The highest BCUT2D eigenvalue weighted by Crippen LogP contribution is 2.27. The van der Waals surface area contributed by atoms with Gasteiger partial charge in [-0.25, -0.2) is 4.79 Å². The van der Waals surface area contributed by atoms with E-state index in [9.17, 15) is 9.90 Å². The normalized spacial score (nSPS) is 12.7. The van der Waals surface area contributed by atoms with Crippen LogP contribution in [0.1, 0.15) is 24.2 Å². The van der Waals surface area contributed by atoms with Gasteiger partial charge in [0.1, 0.15) is 0 Å². The molecule has 5 nitrogen and oxygen atoms in total. The molecular formula is C17H16ClNO4. The maximum Gasteiger partial charge on any atom is 0.337 e. The lowest BCUT2D eigenvalue weighted by molar-refractivity contribution is -0.149. The molecule has 1 atom stereocenters. The van der Waals surface area contributed by atoms with Crippen LogP contribution in [0.5, 0.6) is 5.75 Å². The molecular weight excluding hydrogens is 318 g/mol. The molecule has 0 aliphatic carbocycles. The second kappa shape index (κ2) is 7.76. The van der Waals surface area contributed by atoms with Crippen molar-refractivity contribution in [3.63, 3.8) is 0 Å². The van der Waals surface area contributed by atoms with Gasteiger partial charge in [0.05, 0.1) is 5.71 Å². The van der Waals surface area contributed by atoms with Crippen LogP contribution in [-0.2, 0) is 9.53 Å². The molecule has 2 aromatic carbocycles. The highest BCUT2D eigenvalue weighted by Gasteiger charge is 2.23. The number of para-hydroxylation sites is 1. The number of carboxylic acid groups (broad SMARTS) is 1. The van der Waals surface area contributed by atoms with E-state index >= 15 is 0 Å². The summed E-state index contributed by atoms with van der Waals surface area (Å²) in [6.45, 7) is 1.79. The van der Waals surface area contributed by atoms with Crippen molar-refractivity contribution in [1.29, 1.82) is 0 Å². The molecule has 0 aliphatic heterocycles. The van der Waals surface area contributed by atoms with Crippen LogP contribution in [0.15, 0.2) is 53.7 Å². The number of halogens is 1. The van der Waals surface area contributed by atoms with Crippen molar-refractivity contribution in [3.05, 3.63) is 64.7 Å². The van der Waals surface area contributed by atoms with E-state index in [0.717, 1.165) is 5.56 Å². The summed E-state index contributed by atoms with van der Waals surface area (Å²) in [7, 11) is 1.33. The average molecular weight is 334 g/mol. The zero-order valence-corrected chi connectivity index (χ0v) is 13.4. The number of rotatable bonds is 6. The Morgan fingerprint density at radius 1 is 1.17 bits per heavy atom. The van der Waals surface area contributed by atoms with Crippen LogP contribution < -0.4 is 4.84 Å². The Labute approximate surface area is 139 Å². The van der Waals surface area contributed by atoms with Crippen LogP contribution >= 0.6 is 11.6 Å². The van der Waals surface area contributed by atoms with Crippen molar-refractivity contribution in [2.75, 3.05) is 7.11 Å². The van der Waals surface area contributed by atoms with Gasteiger partial charge < -0.3 is 14.7 Å². The second-order valence-electron chi connectivity index (χ2n) is 4.77. The predicted molar refractivity (Wildman–Crippen MR) is 88.1 cm³/mol. The zero-order valence-electron chi connectivity index (χ0n) is 12.7. The molecule has 0 bridgehead atoms. The molecule has 6 heteroatoms. The van der Waals surface area contributed by atoms with Gasteiger partial charge in [-0.1, -0.05) is 47.1 Å². The first-order valence-corrected chi connectivity index (χ1v) is 7.23. The molecule has 0 fully saturated rings. The molecule has 2 rings (SSSR count). The van der Waals surface area contributed by atoms with Gasteiger partial charge in [0.15, 0.2) is 11.9 Å². The number of nitrogens with zero attached hydrogens (tertiary/aromatic N) is 1. The van der Waals surface area contributed by atoms with Crippen molar-refractivity contribution in [2.45, 2.75) is 13.0 Å². The van der Waals surface area contributed by atoms with E-state index in [0.29, 0.717) is 22.0 Å². The summed E-state index contributed by atoms with van der Waals surface area (Å²) in [4.78, 5) is 16.7. The minimum atomic E-state index is -1.11. The largest absolute Gasteiger partial charge is 0.479 e. The quantitative estimate of drug-likeness (QED) is 0.642. The number of carboxylic acids is 1. The first-order chi connectivity index (χ1) is 11.0. The molecule has 23 heavy (non-hydrogen) atoms. The fourth-order valence-corrected chi connectivity index (χ4v) is 2.13. The number of aliphatic carboxylic acids is 1. The fraction of sp³-hybridized carbons (Fsp3) is 0.176. The summed E-state index contributed by atoms with van der Waals surface area (Å²) in [5.41, 5.74) is 1.89. The molecule has 0 heterocycles. The molecule has 1 N–H and O–H groups in total. The minimum Gasteiger partial charge on any atom is -0.479 e. The predicted octanol–water partition coefficient (Wildman–Crippen LogP) is 3.92. The van der Waals surface area contributed by atoms with Gasteiger partial charge in [0, 0.05) is 17.7 Å². The molecule has 0 saturated carbocycles. The number of ether oxygens (including phenoxy) is 1. The highest BCUT2D eigenvalue weighted by molar-refractivity contribution is 6.30. The molecule has 1 unspecified atom stereocenters. The number of hydrogen-bond donors (Lipinski definition) is 1. The Kier molecular flexibility index (Phi) is 5.73. The zero-order chi connectivity index (χ0) is 16.8. The van der Waals surface area contributed by atoms with Gasteiger partial charge >= 0.3 is 5.97 Å². The van der Waals surface area contributed by atoms with Gasteiger partial charge in [0.2, 0.25) is 0 Å². The van der Waals surface area contributed by atoms with Gasteiger partial charge in [-0.3, -0.25) is 0 Å². The van der Waals surface area contributed by atoms with Crippen LogP contribution in [0.25, 0.3) is 0 Å². The first-order valence-electron chi connectivity index (χ1n) is 6.85. The Balaban J connectivity index is 2.25. The Hall–Kier alpha value is -2.37. The van der Waals surface area contributed by atoms with Crippen molar-refractivity contribution < 1.29 is 19.5 Å². The summed E-state index contributed by atoms with van der Waals surface area (Å²) in [5, 5.41) is 13.9. The molecule has 0 saturated heterocycles. The van der Waals surface area contributed by atoms with Crippen LogP contribution in [0.4, 0.5) is 0 Å². The maximum absolute atomic E-state index is 11.2. The van der Waals surface area contributed by atoms with Crippen molar-refractivity contribution in [3.8, 4) is 5.75 Å². The van der Waals surface area contributed by atoms with Crippen LogP contribution in [0.2, 0.25) is 5.02 Å². The monoisotopic (exact) mass is 333 g/mol. The van der Waals surface area contributed by atoms with Gasteiger partial charge in [-0.15, -0.1) is 0 Å². The lowest BCUT2D eigenvalue weighted by atomic mass is 10.1. The van der Waals surface area contributed by atoms with E-state index in [1.165, 1.54) is 7.11 Å². The average Bonchev–Trinajstić information content (AvgIpc) is 2.54. The van der Waals surface area contributed by atoms with E-state index in [-0.39, 0.29) is 0 Å². The number of methoxy groups -OCH3 is 1. The fourth-order valence-electron chi connectivity index (χ4n) is 2.00. The Morgan fingerprint density at radius 2 is 1.83 bits per heavy atom. The summed E-state index contributed by atoms with van der Waals surface area (Å²) in [5.74, 6) is -0.767. The van der Waals surface area contributed by atoms with E-state index in [1.807, 2.05) is 12.1 Å². The van der Waals surface area contributed by atoms with Gasteiger partial charge in [0.25, 0.3) is 0 Å². The third-order valence-electron chi connectivity index (χ3n) is 3.20. The molecule has 0 radical (unpaired) electrons. The van der Waals surface area contributed by atoms with Crippen LogP contribution in [0, 0.1) is 0 Å². The van der Waals surface area contributed by atoms with Crippen molar-refractivity contribution >= 4 is 23.3 Å². The second-order valence-corrected chi connectivity index (χ2v) is 5.20. The van der Waals surface area contributed by atoms with E-state index in [2.05, 4.69) is 5.16 Å². The van der Waals surface area contributed by atoms with Crippen molar-refractivity contribution in [2.24, 2.45) is 5.16 Å². The third-order valence-corrected chi connectivity index (χ3v) is 3.46. The van der Waals surface area contributed by atoms with E-state index in [4.69, 9.17) is 21.2 Å². The Morgan fingerprint density at radius 3 is 2.43 bits per heavy atom. The standard InChI is InChI=1S/C17H16ClNO4/c1-11(12-7-9-13(18)10-8-12)19-23-15-6-4-3-5-14(15)16(22-2)17(20)21/h3-10,16H,1-2H3,(H,20,21)/b19-11+. The molecule has 0 spiro atoms. The molecule has 0 amide bonds. The highest BCUT2D eigenvalue weighted by atomic mass is 35.5. The SMILES string of the molecule is COC(C(=O)O)c1ccccc1O/N=C(\C)c1ccc(Cl)cc1.